The first-order chi connectivity index (χ1) is 12.1. The van der Waals surface area contributed by atoms with E-state index in [0.29, 0.717) is 25.1 Å². The molecule has 1 unspecified atom stereocenters. The Labute approximate surface area is 147 Å². The molecule has 6 heteroatoms. The summed E-state index contributed by atoms with van der Waals surface area (Å²) in [5.74, 6) is 0.0624. The molecule has 0 radical (unpaired) electrons. The van der Waals surface area contributed by atoms with Crippen molar-refractivity contribution in [3.8, 4) is 0 Å². The van der Waals surface area contributed by atoms with E-state index < -0.39 is 0 Å². The summed E-state index contributed by atoms with van der Waals surface area (Å²) in [7, 11) is 0. The van der Waals surface area contributed by atoms with Crippen LogP contribution in [0.15, 0.2) is 42.7 Å². The predicted molar refractivity (Wildman–Crippen MR) is 96.0 cm³/mol. The Bertz CT molecular complexity index is 726. The van der Waals surface area contributed by atoms with Gasteiger partial charge in [0.05, 0.1) is 18.4 Å². The number of rotatable bonds is 6. The lowest BCUT2D eigenvalue weighted by Crippen LogP contribution is -2.43. The van der Waals surface area contributed by atoms with Gasteiger partial charge >= 0.3 is 0 Å². The molecule has 1 aromatic carbocycles. The lowest BCUT2D eigenvalue weighted by Gasteiger charge is -2.32. The molecule has 25 heavy (non-hydrogen) atoms. The van der Waals surface area contributed by atoms with Gasteiger partial charge in [0.1, 0.15) is 0 Å². The van der Waals surface area contributed by atoms with Crippen molar-refractivity contribution in [3.63, 3.8) is 0 Å². The zero-order chi connectivity index (χ0) is 17.6. The highest BCUT2D eigenvalue weighted by molar-refractivity contribution is 5.91. The Balaban J connectivity index is 1.52. The van der Waals surface area contributed by atoms with Gasteiger partial charge in [-0.3, -0.25) is 14.3 Å². The van der Waals surface area contributed by atoms with Gasteiger partial charge in [0, 0.05) is 31.6 Å². The van der Waals surface area contributed by atoms with Gasteiger partial charge in [-0.1, -0.05) is 30.3 Å². The van der Waals surface area contributed by atoms with Crippen LogP contribution in [-0.4, -0.2) is 39.1 Å². The van der Waals surface area contributed by atoms with Crippen molar-refractivity contribution in [2.24, 2.45) is 0 Å². The number of carbonyl (C=O) groups excluding carboxylic acids is 2. The summed E-state index contributed by atoms with van der Waals surface area (Å²) < 4.78 is 1.79. The van der Waals surface area contributed by atoms with Gasteiger partial charge in [-0.2, -0.15) is 5.10 Å². The fourth-order valence-electron chi connectivity index (χ4n) is 3.17. The van der Waals surface area contributed by atoms with Gasteiger partial charge in [0.25, 0.3) is 0 Å². The molecule has 1 saturated heterocycles. The number of likely N-dealkylation sites (tertiary alicyclic amines) is 1. The van der Waals surface area contributed by atoms with Crippen LogP contribution in [0.3, 0.4) is 0 Å². The average Bonchev–Trinajstić information content (AvgIpc) is 3.02. The van der Waals surface area contributed by atoms with E-state index in [2.05, 4.69) is 10.4 Å². The normalized spacial score (nSPS) is 15.9. The predicted octanol–water partition coefficient (Wildman–Crippen LogP) is 2.66. The third-order valence-corrected chi connectivity index (χ3v) is 4.48. The fourth-order valence-corrected chi connectivity index (χ4v) is 3.17. The van der Waals surface area contributed by atoms with Crippen LogP contribution in [-0.2, 0) is 16.1 Å². The van der Waals surface area contributed by atoms with Crippen molar-refractivity contribution in [1.82, 2.24) is 14.7 Å². The molecule has 0 bridgehead atoms. The van der Waals surface area contributed by atoms with E-state index in [1.54, 1.807) is 10.9 Å². The minimum atomic E-state index is -0.0925. The summed E-state index contributed by atoms with van der Waals surface area (Å²) in [4.78, 5) is 26.0. The monoisotopic (exact) mass is 340 g/mol. The summed E-state index contributed by atoms with van der Waals surface area (Å²) in [6.45, 7) is 3.35. The molecule has 132 valence electrons. The summed E-state index contributed by atoms with van der Waals surface area (Å²) in [5, 5.41) is 7.16. The quantitative estimate of drug-likeness (QED) is 0.879. The fraction of sp³-hybridized carbons (Fsp3) is 0.421. The summed E-state index contributed by atoms with van der Waals surface area (Å²) in [6, 6.07) is 9.96. The largest absolute Gasteiger partial charge is 0.339 e. The van der Waals surface area contributed by atoms with Gasteiger partial charge in [0.2, 0.25) is 11.8 Å². The molecule has 3 rings (SSSR count). The number of hydrogen-bond acceptors (Lipinski definition) is 3. The Kier molecular flexibility index (Phi) is 5.48. The van der Waals surface area contributed by atoms with Gasteiger partial charge < -0.3 is 10.2 Å². The average molecular weight is 340 g/mol. The van der Waals surface area contributed by atoms with E-state index in [4.69, 9.17) is 0 Å². The van der Waals surface area contributed by atoms with Crippen LogP contribution in [0.2, 0.25) is 0 Å². The lowest BCUT2D eigenvalue weighted by atomic mass is 10.1. The van der Waals surface area contributed by atoms with Crippen LogP contribution in [0.5, 0.6) is 0 Å². The zero-order valence-corrected chi connectivity index (χ0v) is 14.5. The first-order valence-electron chi connectivity index (χ1n) is 8.77. The van der Waals surface area contributed by atoms with E-state index >= 15 is 0 Å². The van der Waals surface area contributed by atoms with E-state index in [1.165, 1.54) is 0 Å². The van der Waals surface area contributed by atoms with Crippen molar-refractivity contribution in [1.29, 1.82) is 0 Å². The molecular weight excluding hydrogens is 316 g/mol. The number of hydrogen-bond donors (Lipinski definition) is 1. The molecule has 1 aliphatic rings. The van der Waals surface area contributed by atoms with Crippen LogP contribution in [0.4, 0.5) is 5.69 Å². The highest BCUT2D eigenvalue weighted by Crippen LogP contribution is 2.16. The van der Waals surface area contributed by atoms with Crippen molar-refractivity contribution < 1.29 is 9.59 Å². The Morgan fingerprint density at radius 1 is 1.28 bits per heavy atom. The molecule has 1 fully saturated rings. The molecule has 1 aliphatic heterocycles. The second kappa shape index (κ2) is 7.96. The number of benzene rings is 1. The second-order valence-electron chi connectivity index (χ2n) is 6.56. The molecule has 2 amide bonds. The molecule has 2 aromatic rings. The van der Waals surface area contributed by atoms with Crippen LogP contribution in [0.1, 0.15) is 38.2 Å². The Morgan fingerprint density at radius 2 is 2.08 bits per heavy atom. The van der Waals surface area contributed by atoms with E-state index in [0.717, 1.165) is 24.9 Å². The molecule has 2 heterocycles. The van der Waals surface area contributed by atoms with Crippen molar-refractivity contribution in [2.45, 2.75) is 45.2 Å². The number of amides is 2. The number of nitrogens with one attached hydrogen (secondary N) is 1. The number of anilines is 1. The van der Waals surface area contributed by atoms with Gasteiger partial charge in [-0.25, -0.2) is 0 Å². The first kappa shape index (κ1) is 17.2. The number of nitrogens with zero attached hydrogens (tertiary/aromatic N) is 3. The number of carbonyl (C=O) groups is 2. The summed E-state index contributed by atoms with van der Waals surface area (Å²) in [5.41, 5.74) is 1.83. The maximum atomic E-state index is 12.3. The summed E-state index contributed by atoms with van der Waals surface area (Å²) >= 11 is 0. The molecule has 0 spiro atoms. The molecule has 1 aromatic heterocycles. The van der Waals surface area contributed by atoms with Crippen LogP contribution in [0, 0.1) is 0 Å². The van der Waals surface area contributed by atoms with E-state index in [1.807, 2.05) is 48.4 Å². The van der Waals surface area contributed by atoms with Crippen molar-refractivity contribution >= 4 is 17.5 Å². The molecule has 0 saturated carbocycles. The Morgan fingerprint density at radius 3 is 2.84 bits per heavy atom. The maximum absolute atomic E-state index is 12.3. The van der Waals surface area contributed by atoms with Crippen molar-refractivity contribution in [2.75, 3.05) is 11.9 Å². The topological polar surface area (TPSA) is 67.2 Å². The van der Waals surface area contributed by atoms with E-state index in [-0.39, 0.29) is 17.9 Å². The van der Waals surface area contributed by atoms with Crippen LogP contribution in [0.25, 0.3) is 0 Å². The Hall–Kier alpha value is -2.63. The van der Waals surface area contributed by atoms with Gasteiger partial charge in [0.15, 0.2) is 0 Å². The SMILES string of the molecule is CC(CC(=O)Nc1cnn(Cc2ccccc2)c1)N1CCCCC1=O. The molecule has 6 nitrogen and oxygen atoms in total. The zero-order valence-electron chi connectivity index (χ0n) is 14.5. The summed E-state index contributed by atoms with van der Waals surface area (Å²) in [6.07, 6.45) is 6.34. The van der Waals surface area contributed by atoms with Crippen molar-refractivity contribution in [3.05, 3.63) is 48.3 Å². The molecular formula is C19H24N4O2. The highest BCUT2D eigenvalue weighted by atomic mass is 16.2. The molecule has 1 atom stereocenters. The second-order valence-corrected chi connectivity index (χ2v) is 6.56. The maximum Gasteiger partial charge on any atom is 0.226 e. The third kappa shape index (κ3) is 4.68. The number of piperidine rings is 1. The molecule has 0 aliphatic carbocycles. The van der Waals surface area contributed by atoms with Gasteiger partial charge in [-0.15, -0.1) is 0 Å². The van der Waals surface area contributed by atoms with E-state index in [9.17, 15) is 9.59 Å². The minimum Gasteiger partial charge on any atom is -0.339 e. The third-order valence-electron chi connectivity index (χ3n) is 4.48. The lowest BCUT2D eigenvalue weighted by molar-refractivity contribution is -0.136. The van der Waals surface area contributed by atoms with Crippen LogP contribution >= 0.6 is 0 Å². The smallest absolute Gasteiger partial charge is 0.226 e. The highest BCUT2D eigenvalue weighted by Gasteiger charge is 2.24. The number of aromatic nitrogens is 2. The van der Waals surface area contributed by atoms with Crippen LogP contribution < -0.4 is 5.32 Å². The minimum absolute atomic E-state index is 0.0767. The first-order valence-corrected chi connectivity index (χ1v) is 8.77. The molecule has 1 N–H and O–H groups in total. The standard InChI is InChI=1S/C19H24N4O2/c1-15(23-10-6-5-9-19(23)25)11-18(24)21-17-12-20-22(14-17)13-16-7-3-2-4-8-16/h2-4,7-8,12,14-15H,5-6,9-11,13H2,1H3,(H,21,24). The van der Waals surface area contributed by atoms with Gasteiger partial charge in [-0.05, 0) is 25.3 Å².